The molecular formula is C18H26F3N3O5S. The predicted octanol–water partition coefficient (Wildman–Crippen LogP) is 3.61. The minimum Gasteiger partial charge on any atom is -0.461 e. The van der Waals surface area contributed by atoms with Crippen molar-refractivity contribution in [1.29, 1.82) is 0 Å². The van der Waals surface area contributed by atoms with E-state index < -0.39 is 24.3 Å². The molecule has 0 bridgehead atoms. The topological polar surface area (TPSA) is 92.9 Å². The van der Waals surface area contributed by atoms with Crippen molar-refractivity contribution in [3.63, 3.8) is 0 Å². The van der Waals surface area contributed by atoms with Gasteiger partial charge in [-0.2, -0.15) is 13.2 Å². The van der Waals surface area contributed by atoms with E-state index in [0.29, 0.717) is 11.3 Å². The Morgan fingerprint density at radius 3 is 2.33 bits per heavy atom. The van der Waals surface area contributed by atoms with E-state index in [0.717, 1.165) is 6.92 Å². The Bertz CT molecular complexity index is 767. The number of halogens is 3. The average Bonchev–Trinajstić information content (AvgIpc) is 2.93. The van der Waals surface area contributed by atoms with Crippen molar-refractivity contribution in [3.8, 4) is 0 Å². The standard InChI is InChI=1S/C18H26F3N3O5S/c1-6-27-15(25)13-14(10(3)11(4)22-13)24(16(30)23-17(26)28-7-2)8-9-29-12(5)18(19,20)21/h12,22H,6-9H2,1-5H3,(H,23,26,30). The van der Waals surface area contributed by atoms with Crippen LogP contribution in [0.1, 0.15) is 42.5 Å². The van der Waals surface area contributed by atoms with Crippen LogP contribution in [0.5, 0.6) is 0 Å². The second kappa shape index (κ2) is 11.2. The number of alkyl carbamates (subject to hydrolysis) is 1. The SMILES string of the molecule is CCOC(=O)NC(=S)N(CCOC(C)C(F)(F)F)c1c(C(=O)OCC)[nH]c(C)c1C. The van der Waals surface area contributed by atoms with Crippen LogP contribution in [-0.4, -0.2) is 60.8 Å². The van der Waals surface area contributed by atoms with Gasteiger partial charge in [0.15, 0.2) is 11.2 Å². The first-order valence-electron chi connectivity index (χ1n) is 9.23. The Balaban J connectivity index is 3.22. The molecule has 0 aromatic carbocycles. The van der Waals surface area contributed by atoms with Crippen molar-refractivity contribution in [1.82, 2.24) is 10.3 Å². The summed E-state index contributed by atoms with van der Waals surface area (Å²) in [5.41, 5.74) is 1.57. The molecule has 1 rings (SSSR count). The van der Waals surface area contributed by atoms with E-state index in [2.05, 4.69) is 10.3 Å². The van der Waals surface area contributed by atoms with Gasteiger partial charge in [0.25, 0.3) is 0 Å². The molecule has 0 aliphatic carbocycles. The first-order valence-corrected chi connectivity index (χ1v) is 9.64. The molecule has 1 unspecified atom stereocenters. The molecule has 0 saturated heterocycles. The van der Waals surface area contributed by atoms with E-state index in [9.17, 15) is 22.8 Å². The monoisotopic (exact) mass is 453 g/mol. The highest BCUT2D eigenvalue weighted by Crippen LogP contribution is 2.29. The minimum atomic E-state index is -4.52. The van der Waals surface area contributed by atoms with Gasteiger partial charge in [-0.3, -0.25) is 5.32 Å². The van der Waals surface area contributed by atoms with Crippen LogP contribution in [-0.2, 0) is 14.2 Å². The van der Waals surface area contributed by atoms with Gasteiger partial charge in [-0.15, -0.1) is 0 Å². The maximum Gasteiger partial charge on any atom is 0.414 e. The molecule has 1 aromatic heterocycles. The molecular weight excluding hydrogens is 427 g/mol. The van der Waals surface area contributed by atoms with Gasteiger partial charge in [0.2, 0.25) is 0 Å². The van der Waals surface area contributed by atoms with E-state index in [1.54, 1.807) is 27.7 Å². The number of aromatic nitrogens is 1. The third-order valence-electron chi connectivity index (χ3n) is 4.09. The molecule has 0 radical (unpaired) electrons. The van der Waals surface area contributed by atoms with Gasteiger partial charge in [-0.25, -0.2) is 9.59 Å². The number of H-pyrrole nitrogens is 1. The number of esters is 1. The molecule has 8 nitrogen and oxygen atoms in total. The summed E-state index contributed by atoms with van der Waals surface area (Å²) in [6.07, 6.45) is -7.35. The average molecular weight is 453 g/mol. The van der Waals surface area contributed by atoms with Crippen molar-refractivity contribution in [2.45, 2.75) is 46.9 Å². The van der Waals surface area contributed by atoms with Crippen LogP contribution < -0.4 is 10.2 Å². The molecule has 0 aliphatic heterocycles. The van der Waals surface area contributed by atoms with Crippen molar-refractivity contribution in [2.75, 3.05) is 31.3 Å². The Hall–Kier alpha value is -2.34. The molecule has 0 fully saturated rings. The van der Waals surface area contributed by atoms with Gasteiger partial charge in [-0.05, 0) is 52.4 Å². The number of rotatable bonds is 8. The molecule has 0 spiro atoms. The van der Waals surface area contributed by atoms with E-state index in [1.165, 1.54) is 4.90 Å². The van der Waals surface area contributed by atoms with Crippen molar-refractivity contribution in [2.24, 2.45) is 0 Å². The van der Waals surface area contributed by atoms with Gasteiger partial charge >= 0.3 is 18.2 Å². The van der Waals surface area contributed by atoms with Crippen LogP contribution in [0.3, 0.4) is 0 Å². The van der Waals surface area contributed by atoms with Gasteiger partial charge in [0.1, 0.15) is 5.69 Å². The second-order valence-corrected chi connectivity index (χ2v) is 6.56. The Morgan fingerprint density at radius 2 is 1.80 bits per heavy atom. The lowest BCUT2D eigenvalue weighted by Crippen LogP contribution is -2.45. The molecule has 12 heteroatoms. The van der Waals surface area contributed by atoms with Crippen LogP contribution in [0, 0.1) is 13.8 Å². The molecule has 1 amide bonds. The summed E-state index contributed by atoms with van der Waals surface area (Å²) in [6.45, 7) is 7.20. The normalized spacial score (nSPS) is 12.3. The zero-order valence-electron chi connectivity index (χ0n) is 17.4. The Labute approximate surface area is 178 Å². The lowest BCUT2D eigenvalue weighted by molar-refractivity contribution is -0.213. The number of amides is 1. The van der Waals surface area contributed by atoms with Crippen molar-refractivity contribution < 1.29 is 37.0 Å². The lowest BCUT2D eigenvalue weighted by atomic mass is 10.2. The first-order chi connectivity index (χ1) is 13.9. The lowest BCUT2D eigenvalue weighted by Gasteiger charge is -2.27. The van der Waals surface area contributed by atoms with Crippen LogP contribution in [0.25, 0.3) is 0 Å². The fraction of sp³-hybridized carbons (Fsp3) is 0.611. The van der Waals surface area contributed by atoms with Crippen LogP contribution in [0.15, 0.2) is 0 Å². The molecule has 0 saturated carbocycles. The number of nitrogens with zero attached hydrogens (tertiary/aromatic N) is 1. The van der Waals surface area contributed by atoms with Gasteiger partial charge < -0.3 is 24.1 Å². The number of alkyl halides is 3. The number of nitrogens with one attached hydrogen (secondary N) is 2. The number of aromatic amines is 1. The van der Waals surface area contributed by atoms with Crippen LogP contribution >= 0.6 is 12.2 Å². The maximum absolute atomic E-state index is 12.7. The van der Waals surface area contributed by atoms with Gasteiger partial charge in [0, 0.05) is 12.2 Å². The smallest absolute Gasteiger partial charge is 0.414 e. The first kappa shape index (κ1) is 25.7. The highest BCUT2D eigenvalue weighted by molar-refractivity contribution is 7.80. The molecule has 170 valence electrons. The third-order valence-corrected chi connectivity index (χ3v) is 4.41. The minimum absolute atomic E-state index is 0.0590. The highest BCUT2D eigenvalue weighted by Gasteiger charge is 2.37. The van der Waals surface area contributed by atoms with Gasteiger partial charge in [-0.1, -0.05) is 0 Å². The van der Waals surface area contributed by atoms with Crippen LogP contribution in [0.4, 0.5) is 23.7 Å². The molecule has 2 N–H and O–H groups in total. The number of carbonyl (C=O) groups is 2. The van der Waals surface area contributed by atoms with E-state index in [4.69, 9.17) is 26.4 Å². The number of anilines is 1. The number of carbonyl (C=O) groups excluding carboxylic acids is 2. The summed E-state index contributed by atoms with van der Waals surface area (Å²) in [5, 5.41) is 2.17. The Kier molecular flexibility index (Phi) is 9.56. The fourth-order valence-corrected chi connectivity index (χ4v) is 2.71. The fourth-order valence-electron chi connectivity index (χ4n) is 2.45. The maximum atomic E-state index is 12.7. The zero-order valence-corrected chi connectivity index (χ0v) is 18.3. The quantitative estimate of drug-likeness (QED) is 0.459. The molecule has 1 heterocycles. The largest absolute Gasteiger partial charge is 0.461 e. The molecule has 1 aromatic rings. The number of aryl methyl sites for hydroxylation is 1. The second-order valence-electron chi connectivity index (χ2n) is 6.18. The number of ether oxygens (including phenoxy) is 3. The Morgan fingerprint density at radius 1 is 1.20 bits per heavy atom. The third kappa shape index (κ3) is 6.87. The summed E-state index contributed by atoms with van der Waals surface area (Å²) in [5.74, 6) is -0.669. The number of hydrogen-bond donors (Lipinski definition) is 2. The summed E-state index contributed by atoms with van der Waals surface area (Å²) in [7, 11) is 0. The zero-order chi connectivity index (χ0) is 23.1. The number of hydrogen-bond acceptors (Lipinski definition) is 6. The van der Waals surface area contributed by atoms with Crippen LogP contribution in [0.2, 0.25) is 0 Å². The van der Waals surface area contributed by atoms with Crippen molar-refractivity contribution >= 4 is 35.1 Å². The summed E-state index contributed by atoms with van der Waals surface area (Å²) < 4.78 is 52.9. The van der Waals surface area contributed by atoms with E-state index in [-0.39, 0.29) is 42.9 Å². The number of thiocarbonyl (C=S) groups is 1. The highest BCUT2D eigenvalue weighted by atomic mass is 32.1. The molecule has 30 heavy (non-hydrogen) atoms. The molecule has 0 aliphatic rings. The summed E-state index contributed by atoms with van der Waals surface area (Å²) in [6, 6.07) is 0. The summed E-state index contributed by atoms with van der Waals surface area (Å²) in [4.78, 5) is 28.4. The van der Waals surface area contributed by atoms with Gasteiger partial charge in [0.05, 0.1) is 25.5 Å². The predicted molar refractivity (Wildman–Crippen MR) is 108 cm³/mol. The van der Waals surface area contributed by atoms with Crippen molar-refractivity contribution in [3.05, 3.63) is 17.0 Å². The summed E-state index contributed by atoms with van der Waals surface area (Å²) >= 11 is 5.25. The van der Waals surface area contributed by atoms with E-state index in [1.807, 2.05) is 0 Å². The molecule has 1 atom stereocenters. The van der Waals surface area contributed by atoms with E-state index >= 15 is 0 Å².